The Labute approximate surface area is 193 Å². The third-order valence-electron chi connectivity index (χ3n) is 5.32. The zero-order valence-electron chi connectivity index (χ0n) is 16.8. The van der Waals surface area contributed by atoms with E-state index in [2.05, 4.69) is 10.3 Å². The lowest BCUT2D eigenvalue weighted by Gasteiger charge is -2.31. The molecule has 0 spiro atoms. The van der Waals surface area contributed by atoms with Crippen molar-refractivity contribution < 1.29 is 31.9 Å². The third-order valence-corrected chi connectivity index (χ3v) is 6.47. The van der Waals surface area contributed by atoms with Gasteiger partial charge in [0.05, 0.1) is 21.3 Å². The SMILES string of the molecule is O=C(Nc1nc2ccc(C(F)(F)F)cc2s1)c1cc(Cl)cc(CN2CCC(F)(F)CC2)c1O. The van der Waals surface area contributed by atoms with Gasteiger partial charge in [-0.15, -0.1) is 0 Å². The maximum Gasteiger partial charge on any atom is 0.416 e. The summed E-state index contributed by atoms with van der Waals surface area (Å²) in [5, 5.41) is 13.3. The van der Waals surface area contributed by atoms with Crippen molar-refractivity contribution in [2.45, 2.75) is 31.5 Å². The zero-order valence-corrected chi connectivity index (χ0v) is 18.4. The number of anilines is 1. The second-order valence-electron chi connectivity index (χ2n) is 7.75. The molecule has 1 aliphatic rings. The number of alkyl halides is 5. The molecule has 0 radical (unpaired) electrons. The van der Waals surface area contributed by atoms with E-state index in [9.17, 15) is 31.9 Å². The Bertz CT molecular complexity index is 1200. The molecule has 2 N–H and O–H groups in total. The number of phenolic OH excluding ortho intramolecular Hbond substituents is 1. The minimum absolute atomic E-state index is 0.0495. The number of benzene rings is 2. The molecule has 33 heavy (non-hydrogen) atoms. The minimum Gasteiger partial charge on any atom is -0.507 e. The summed E-state index contributed by atoms with van der Waals surface area (Å²) < 4.78 is 65.7. The molecule has 0 unspecified atom stereocenters. The molecule has 5 nitrogen and oxygen atoms in total. The van der Waals surface area contributed by atoms with Crippen LogP contribution in [-0.4, -0.2) is 39.9 Å². The van der Waals surface area contributed by atoms with Crippen LogP contribution in [0.2, 0.25) is 5.02 Å². The van der Waals surface area contributed by atoms with E-state index in [0.717, 1.165) is 23.5 Å². The fraction of sp³-hybridized carbons (Fsp3) is 0.333. The summed E-state index contributed by atoms with van der Waals surface area (Å²) >= 11 is 6.96. The van der Waals surface area contributed by atoms with Crippen molar-refractivity contribution in [2.75, 3.05) is 18.4 Å². The smallest absolute Gasteiger partial charge is 0.416 e. The van der Waals surface area contributed by atoms with E-state index < -0.39 is 23.6 Å². The number of hydrogen-bond donors (Lipinski definition) is 2. The van der Waals surface area contributed by atoms with Crippen molar-refractivity contribution in [2.24, 2.45) is 0 Å². The van der Waals surface area contributed by atoms with Gasteiger partial charge in [0.15, 0.2) is 5.13 Å². The number of hydrogen-bond acceptors (Lipinski definition) is 5. The monoisotopic (exact) mass is 505 g/mol. The number of fused-ring (bicyclic) bond motifs is 1. The second-order valence-corrected chi connectivity index (χ2v) is 9.21. The number of piperidine rings is 1. The molecular weight excluding hydrogens is 489 g/mol. The molecule has 2 aromatic carbocycles. The predicted molar refractivity (Wildman–Crippen MR) is 115 cm³/mol. The van der Waals surface area contributed by atoms with Gasteiger partial charge in [-0.3, -0.25) is 15.0 Å². The highest BCUT2D eigenvalue weighted by atomic mass is 35.5. The first-order valence-corrected chi connectivity index (χ1v) is 11.0. The van der Waals surface area contributed by atoms with Gasteiger partial charge in [-0.25, -0.2) is 13.8 Å². The predicted octanol–water partition coefficient (Wildman–Crippen LogP) is 6.16. The summed E-state index contributed by atoms with van der Waals surface area (Å²) in [6, 6.07) is 5.76. The van der Waals surface area contributed by atoms with Gasteiger partial charge in [-0.1, -0.05) is 22.9 Å². The van der Waals surface area contributed by atoms with E-state index in [1.165, 1.54) is 18.2 Å². The zero-order chi connectivity index (χ0) is 24.0. The van der Waals surface area contributed by atoms with Crippen LogP contribution < -0.4 is 5.32 Å². The third kappa shape index (κ3) is 5.36. The highest BCUT2D eigenvalue weighted by molar-refractivity contribution is 7.22. The van der Waals surface area contributed by atoms with Crippen LogP contribution in [0.1, 0.15) is 34.3 Å². The molecule has 4 rings (SSSR count). The van der Waals surface area contributed by atoms with Gasteiger partial charge in [0, 0.05) is 43.1 Å². The Morgan fingerprint density at radius 3 is 2.58 bits per heavy atom. The quantitative estimate of drug-likeness (QED) is 0.417. The molecule has 0 saturated carbocycles. The number of phenols is 1. The normalized spacial score (nSPS) is 16.8. The van der Waals surface area contributed by atoms with E-state index in [4.69, 9.17) is 11.6 Å². The van der Waals surface area contributed by atoms with Crippen molar-refractivity contribution in [3.8, 4) is 5.75 Å². The van der Waals surface area contributed by atoms with Gasteiger partial charge in [-0.05, 0) is 30.3 Å². The Morgan fingerprint density at radius 2 is 1.91 bits per heavy atom. The summed E-state index contributed by atoms with van der Waals surface area (Å²) in [5.74, 6) is -3.82. The highest BCUT2D eigenvalue weighted by Gasteiger charge is 2.34. The fourth-order valence-electron chi connectivity index (χ4n) is 3.55. The first kappa shape index (κ1) is 23.7. The van der Waals surface area contributed by atoms with E-state index >= 15 is 0 Å². The van der Waals surface area contributed by atoms with Crippen molar-refractivity contribution >= 4 is 44.2 Å². The molecule has 1 saturated heterocycles. The van der Waals surface area contributed by atoms with Crippen LogP contribution in [0, 0.1) is 0 Å². The number of halogens is 6. The van der Waals surface area contributed by atoms with Crippen LogP contribution in [0.25, 0.3) is 10.2 Å². The lowest BCUT2D eigenvalue weighted by atomic mass is 10.0. The van der Waals surface area contributed by atoms with Gasteiger partial charge >= 0.3 is 6.18 Å². The Balaban J connectivity index is 1.53. The maximum absolute atomic E-state index is 13.4. The number of aromatic hydroxyl groups is 1. The molecule has 1 fully saturated rings. The number of aromatic nitrogens is 1. The van der Waals surface area contributed by atoms with Gasteiger partial charge in [0.25, 0.3) is 11.8 Å². The molecular formula is C21H17ClF5N3O2S. The van der Waals surface area contributed by atoms with Crippen molar-refractivity contribution in [1.82, 2.24) is 9.88 Å². The maximum atomic E-state index is 13.4. The van der Waals surface area contributed by atoms with Gasteiger partial charge in [0.1, 0.15) is 5.75 Å². The van der Waals surface area contributed by atoms with E-state index in [1.54, 1.807) is 4.90 Å². The Kier molecular flexibility index (Phi) is 6.23. The fourth-order valence-corrected chi connectivity index (χ4v) is 4.69. The molecule has 2 heterocycles. The summed E-state index contributed by atoms with van der Waals surface area (Å²) in [6.07, 6.45) is -5.10. The molecule has 3 aromatic rings. The average molecular weight is 506 g/mol. The molecule has 176 valence electrons. The number of amides is 1. The lowest BCUT2D eigenvalue weighted by Crippen LogP contribution is -2.38. The Hall–Kier alpha value is -2.50. The van der Waals surface area contributed by atoms with Gasteiger partial charge in [0.2, 0.25) is 0 Å². The second kappa shape index (κ2) is 8.69. The summed E-state index contributed by atoms with van der Waals surface area (Å²) in [6.45, 7) is 0.391. The molecule has 0 aliphatic carbocycles. The van der Waals surface area contributed by atoms with Crippen LogP contribution in [0.3, 0.4) is 0 Å². The first-order chi connectivity index (χ1) is 15.4. The van der Waals surface area contributed by atoms with Crippen LogP contribution in [-0.2, 0) is 12.7 Å². The summed E-state index contributed by atoms with van der Waals surface area (Å²) in [4.78, 5) is 18.6. The van der Waals surface area contributed by atoms with E-state index in [1.807, 2.05) is 0 Å². The van der Waals surface area contributed by atoms with E-state index in [-0.39, 0.29) is 64.2 Å². The number of carbonyl (C=O) groups excluding carboxylic acids is 1. The molecule has 0 atom stereocenters. The first-order valence-electron chi connectivity index (χ1n) is 9.82. The largest absolute Gasteiger partial charge is 0.507 e. The van der Waals surface area contributed by atoms with E-state index in [0.29, 0.717) is 5.56 Å². The van der Waals surface area contributed by atoms with Crippen LogP contribution in [0.4, 0.5) is 27.1 Å². The van der Waals surface area contributed by atoms with Gasteiger partial charge in [-0.2, -0.15) is 13.2 Å². The highest BCUT2D eigenvalue weighted by Crippen LogP contribution is 2.36. The molecule has 12 heteroatoms. The minimum atomic E-state index is -4.51. The lowest BCUT2D eigenvalue weighted by molar-refractivity contribution is -0.137. The Morgan fingerprint density at radius 1 is 1.21 bits per heavy atom. The van der Waals surface area contributed by atoms with Crippen LogP contribution in [0.5, 0.6) is 5.75 Å². The molecule has 1 aromatic heterocycles. The van der Waals surface area contributed by atoms with Crippen LogP contribution >= 0.6 is 22.9 Å². The molecule has 0 bridgehead atoms. The number of nitrogens with zero attached hydrogens (tertiary/aromatic N) is 2. The van der Waals surface area contributed by atoms with Gasteiger partial charge < -0.3 is 5.11 Å². The number of carbonyl (C=O) groups is 1. The average Bonchev–Trinajstić information content (AvgIpc) is 3.12. The number of nitrogens with one attached hydrogen (secondary N) is 1. The van der Waals surface area contributed by atoms with Crippen LogP contribution in [0.15, 0.2) is 30.3 Å². The number of rotatable bonds is 4. The van der Waals surface area contributed by atoms with Crippen molar-refractivity contribution in [1.29, 1.82) is 0 Å². The number of likely N-dealkylation sites (tertiary alicyclic amines) is 1. The number of thiazole rings is 1. The van der Waals surface area contributed by atoms with Crippen molar-refractivity contribution in [3.63, 3.8) is 0 Å². The topological polar surface area (TPSA) is 65.5 Å². The molecule has 1 amide bonds. The summed E-state index contributed by atoms with van der Waals surface area (Å²) in [7, 11) is 0. The molecule has 1 aliphatic heterocycles. The van der Waals surface area contributed by atoms with Crippen molar-refractivity contribution in [3.05, 3.63) is 52.0 Å². The standard InChI is InChI=1S/C21H17ClF5N3O2S/c22-13-7-11(10-30-5-3-20(23,24)4-6-30)17(31)14(9-13)18(32)29-19-28-15-2-1-12(21(25,26)27)8-16(15)33-19/h1-2,7-9,31H,3-6,10H2,(H,28,29,32). The summed E-state index contributed by atoms with van der Waals surface area (Å²) in [5.41, 5.74) is -0.405.